The number of hydrogen-bond acceptors (Lipinski definition) is 19. The minimum Gasteiger partial charge on any atom is -0.502 e. The third-order valence-corrected chi connectivity index (χ3v) is 40.1. The third kappa shape index (κ3) is 29.1. The van der Waals surface area contributed by atoms with Crippen LogP contribution in [0.3, 0.4) is 0 Å². The van der Waals surface area contributed by atoms with Crippen molar-refractivity contribution in [2.24, 2.45) is 180 Å². The van der Waals surface area contributed by atoms with Crippen LogP contribution in [0.4, 0.5) is 0 Å². The summed E-state index contributed by atoms with van der Waals surface area (Å²) in [7, 11) is 0. The van der Waals surface area contributed by atoms with Crippen LogP contribution in [-0.4, -0.2) is 239 Å². The molecule has 0 aromatic heterocycles. The molecule has 138 heavy (non-hydrogen) atoms. The highest BCUT2D eigenvalue weighted by atomic mass is 16.6. The van der Waals surface area contributed by atoms with Crippen molar-refractivity contribution < 1.29 is 90.4 Å². The van der Waals surface area contributed by atoms with Crippen molar-refractivity contribution in [3.05, 3.63) is 12.8 Å². The zero-order valence-corrected chi connectivity index (χ0v) is 90.0. The van der Waals surface area contributed by atoms with Gasteiger partial charge in [0.25, 0.3) is 0 Å². The highest BCUT2D eigenvalue weighted by Crippen LogP contribution is 2.68. The Balaban J connectivity index is 0.000000121. The fourth-order valence-electron chi connectivity index (χ4n) is 32.2. The van der Waals surface area contributed by atoms with Crippen LogP contribution >= 0.6 is 0 Å². The summed E-state index contributed by atoms with van der Waals surface area (Å²) in [5, 5.41) is 7.57. The number of fused-ring (bicyclic) bond motifs is 34. The Hall–Kier alpha value is -1.18. The molecule has 28 fully saturated rings. The maximum absolute atomic E-state index is 7.57. The molecule has 19 saturated carbocycles. The van der Waals surface area contributed by atoms with Crippen LogP contribution in [0.5, 0.6) is 0 Å². The minimum absolute atomic E-state index is 0. The van der Waals surface area contributed by atoms with Gasteiger partial charge >= 0.3 is 0 Å². The molecule has 9 saturated heterocycles. The fraction of sp³-hybridized carbons (Fsp3) is 0.983. The smallest absolute Gasteiger partial charge is 0.104 e. The Morgan fingerprint density at radius 2 is 0.587 bits per heavy atom. The number of ether oxygens (including phenoxy) is 18. The molecule has 0 aromatic carbocycles. The second-order valence-corrected chi connectivity index (χ2v) is 51.4. The quantitative estimate of drug-likeness (QED) is 0.0601. The standard InChI is InChI=1S/C16H24O3.C15H22O3.4C10H16.C8H16O.4C7H14O2.C5H10O2.C4H8O.C2H6O.CH4/c1-2-16(6-17-7-16)8-18-12-4-9-3-11(12)14-10(9)5-13-15(14)19-13;1-15(5-16-6-15)7-17-11-3-8-2-10(11)13-9(8)4-12-14(13)18-12;4*1-2-9-7-4-5-8(6-7)10(9)3-1;1-3-9-7-8(2)5-4-6-8;4*1-3-8-4-7(2)5-9-6-7;1-2-6-3-5-4-7-5;1-3-5-4-2;1-2-3;/h9-15H,2-8H2,1H3;8-14H,2-7H2,1H3;4*7-10H,1-6H2;3-7H2,1-2H3;4*3-6H2,1-2H3;5H,2-4H2,1H3;3H,1,4H2,2H3;3H,2H2,1H3;1H4. The maximum Gasteiger partial charge on any atom is 0.104 e. The predicted molar refractivity (Wildman–Crippen MR) is 549 cm³/mol. The van der Waals surface area contributed by atoms with Gasteiger partial charge in [0.1, 0.15) is 6.10 Å². The average Bonchev–Trinajstić information content (AvgIpc) is 1.54. The molecule has 19 nitrogen and oxygen atoms in total. The molecule has 31 unspecified atom stereocenters. The molecule has 9 aliphatic heterocycles. The van der Waals surface area contributed by atoms with E-state index in [1.54, 1.807) is 161 Å². The van der Waals surface area contributed by atoms with E-state index in [9.17, 15) is 0 Å². The summed E-state index contributed by atoms with van der Waals surface area (Å²) in [5.41, 5.74) is 2.51. The monoisotopic (exact) mass is 1940 g/mol. The van der Waals surface area contributed by atoms with Gasteiger partial charge in [-0.05, 0) is 389 Å². The molecule has 0 aromatic rings. The van der Waals surface area contributed by atoms with E-state index in [0.717, 1.165) is 232 Å². The summed E-state index contributed by atoms with van der Waals surface area (Å²) < 4.78 is 96.0. The van der Waals surface area contributed by atoms with Crippen LogP contribution in [0.15, 0.2) is 12.8 Å². The first-order chi connectivity index (χ1) is 66.4. The van der Waals surface area contributed by atoms with E-state index in [4.69, 9.17) is 85.6 Å². The molecule has 28 aliphatic rings. The molecule has 0 amide bonds. The lowest BCUT2D eigenvalue weighted by molar-refractivity contribution is -0.168. The predicted octanol–water partition coefficient (Wildman–Crippen LogP) is 24.1. The van der Waals surface area contributed by atoms with Gasteiger partial charge in [0.15, 0.2) is 0 Å². The lowest BCUT2D eigenvalue weighted by Crippen LogP contribution is -2.47. The first kappa shape index (κ1) is 112. The topological polar surface area (TPSA) is 196 Å². The van der Waals surface area contributed by atoms with Crippen LogP contribution in [0.2, 0.25) is 0 Å². The van der Waals surface area contributed by atoms with E-state index in [1.807, 2.05) is 41.5 Å². The van der Waals surface area contributed by atoms with Gasteiger partial charge in [-0.3, -0.25) is 0 Å². The number of hydrogen-bond donors (Lipinski definition) is 1. The van der Waals surface area contributed by atoms with E-state index in [2.05, 4.69) is 66.7 Å². The van der Waals surface area contributed by atoms with Gasteiger partial charge in [0.2, 0.25) is 0 Å². The van der Waals surface area contributed by atoms with Crippen molar-refractivity contribution in [2.45, 2.75) is 372 Å². The summed E-state index contributed by atoms with van der Waals surface area (Å²) in [4.78, 5) is 0. The van der Waals surface area contributed by atoms with Crippen molar-refractivity contribution >= 4 is 0 Å². The second-order valence-electron chi connectivity index (χ2n) is 51.4. The average molecular weight is 1940 g/mol. The van der Waals surface area contributed by atoms with Crippen molar-refractivity contribution in [1.29, 1.82) is 0 Å². The summed E-state index contributed by atoms with van der Waals surface area (Å²) >= 11 is 0. The highest BCUT2D eigenvalue weighted by molar-refractivity contribution is 5.17. The van der Waals surface area contributed by atoms with Gasteiger partial charge in [0.05, 0.1) is 188 Å². The molecular weight excluding hydrogens is 1730 g/mol. The molecule has 0 radical (unpaired) electrons. The van der Waals surface area contributed by atoms with Gasteiger partial charge in [-0.1, -0.05) is 94.6 Å². The Kier molecular flexibility index (Phi) is 43.2. The van der Waals surface area contributed by atoms with E-state index in [0.29, 0.717) is 80.6 Å². The van der Waals surface area contributed by atoms with E-state index >= 15 is 0 Å². The third-order valence-electron chi connectivity index (χ3n) is 40.1. The van der Waals surface area contributed by atoms with Crippen LogP contribution in [0, 0.1) is 180 Å². The largest absolute Gasteiger partial charge is 0.502 e. The Labute approximate surface area is 842 Å². The van der Waals surface area contributed by atoms with Crippen LogP contribution in [-0.2, 0) is 85.3 Å². The van der Waals surface area contributed by atoms with Gasteiger partial charge in [0, 0.05) is 78.7 Å². The zero-order valence-electron chi connectivity index (χ0n) is 90.0. The molecule has 31 atom stereocenters. The van der Waals surface area contributed by atoms with Gasteiger partial charge in [-0.15, -0.1) is 0 Å². The summed E-state index contributed by atoms with van der Waals surface area (Å²) in [6.45, 7) is 59.0. The Bertz CT molecular complexity index is 3080. The van der Waals surface area contributed by atoms with Crippen molar-refractivity contribution in [3.8, 4) is 0 Å². The molecule has 19 heteroatoms. The van der Waals surface area contributed by atoms with Crippen molar-refractivity contribution in [2.75, 3.05) is 192 Å². The minimum atomic E-state index is 0. The lowest BCUT2D eigenvalue weighted by Gasteiger charge is -2.42. The number of epoxide rings is 3. The number of aliphatic hydroxyl groups is 1. The van der Waals surface area contributed by atoms with Crippen molar-refractivity contribution in [1.82, 2.24) is 0 Å². The maximum atomic E-state index is 7.57. The summed E-state index contributed by atoms with van der Waals surface area (Å²) in [6, 6.07) is 0. The first-order valence-corrected chi connectivity index (χ1v) is 58.3. The van der Waals surface area contributed by atoms with E-state index in [1.165, 1.54) is 165 Å². The molecule has 12 bridgehead atoms. The van der Waals surface area contributed by atoms with Crippen molar-refractivity contribution in [3.63, 3.8) is 0 Å². The van der Waals surface area contributed by atoms with Gasteiger partial charge in [-0.25, -0.2) is 0 Å². The number of rotatable bonds is 27. The van der Waals surface area contributed by atoms with Crippen LogP contribution in [0.25, 0.3) is 0 Å². The van der Waals surface area contributed by atoms with Gasteiger partial charge < -0.3 is 90.4 Å². The fourth-order valence-corrected chi connectivity index (χ4v) is 32.2. The van der Waals surface area contributed by atoms with E-state index in [-0.39, 0.29) is 14.0 Å². The number of aliphatic hydroxyl groups excluding tert-OH is 1. The molecule has 0 spiro atoms. The SMILES string of the molecule is C.C1CC2C3CCC(C3)C2C1.C1CC2C3CCC(C3)C2C1.C1CC2C3CCC(C3)C2C1.C1CC2C3CCC(C3)C2C1.C=COCC.CC1(COC2CC3CC2C2C3CC3OC32)COC1.CCC1(COC2CC3CC2C2C3CC3OC32)COC1.CCO.CCOCC1(C)CCC1.CCOCC1(C)COC1.CCOCC1(C)COC1.CCOCC1(C)COC1.CCOCC1(C)COC1.CCOCC1CO1. The van der Waals surface area contributed by atoms with Crippen LogP contribution in [0.1, 0.15) is 330 Å². The Morgan fingerprint density at radius 1 is 0.304 bits per heavy atom. The highest BCUT2D eigenvalue weighted by Gasteiger charge is 2.69. The molecule has 28 rings (SSSR count). The lowest BCUT2D eigenvalue weighted by atomic mass is 9.71. The first-order valence-electron chi connectivity index (χ1n) is 58.3. The van der Waals surface area contributed by atoms with E-state index < -0.39 is 0 Å². The molecular formula is C119H210O19. The second kappa shape index (κ2) is 53.0. The molecule has 9 heterocycles. The Morgan fingerprint density at radius 3 is 0.812 bits per heavy atom. The van der Waals surface area contributed by atoms with Gasteiger partial charge in [-0.2, -0.15) is 0 Å². The molecule has 800 valence electrons. The normalized spacial score (nSPS) is 41.3. The van der Waals surface area contributed by atoms with Crippen LogP contribution < -0.4 is 0 Å². The summed E-state index contributed by atoms with van der Waals surface area (Å²) in [6.07, 6.45) is 57.1. The summed E-state index contributed by atoms with van der Waals surface area (Å²) in [5.74, 6) is 26.4. The molecule has 19 aliphatic carbocycles. The molecule has 1 N–H and O–H groups in total. The zero-order chi connectivity index (χ0) is 96.4.